The summed E-state index contributed by atoms with van der Waals surface area (Å²) >= 11 is 0. The predicted molar refractivity (Wildman–Crippen MR) is 167 cm³/mol. The first-order valence-corrected chi connectivity index (χ1v) is 14.1. The van der Waals surface area contributed by atoms with E-state index in [-0.39, 0.29) is 5.41 Å². The number of fused-ring (bicyclic) bond motifs is 11. The molecule has 1 spiro atoms. The second kappa shape index (κ2) is 8.33. The Kier molecular flexibility index (Phi) is 4.57. The van der Waals surface area contributed by atoms with Crippen LogP contribution in [0.15, 0.2) is 146 Å². The van der Waals surface area contributed by atoms with Crippen molar-refractivity contribution in [3.05, 3.63) is 168 Å². The lowest BCUT2D eigenvalue weighted by Gasteiger charge is -2.30. The molecule has 5 aromatic carbocycles. The van der Waals surface area contributed by atoms with Crippen LogP contribution >= 0.6 is 0 Å². The van der Waals surface area contributed by atoms with E-state index in [1.54, 1.807) is 6.20 Å². The third kappa shape index (κ3) is 3.02. The maximum absolute atomic E-state index is 4.74. The monoisotopic (exact) mass is 520 g/mol. The van der Waals surface area contributed by atoms with E-state index < -0.39 is 0 Å². The van der Waals surface area contributed by atoms with E-state index in [2.05, 4.69) is 120 Å². The fourth-order valence-electron chi connectivity index (χ4n) is 7.25. The second-order valence-corrected chi connectivity index (χ2v) is 11.0. The zero-order chi connectivity index (χ0) is 27.0. The van der Waals surface area contributed by atoms with Crippen molar-refractivity contribution >= 4 is 10.8 Å². The highest BCUT2D eigenvalue weighted by molar-refractivity contribution is 6.00. The lowest BCUT2D eigenvalue weighted by atomic mass is 9.70. The molecule has 0 amide bonds. The third-order valence-electron chi connectivity index (χ3n) is 8.98. The van der Waals surface area contributed by atoms with E-state index in [1.165, 1.54) is 55.3 Å². The molecule has 2 aliphatic carbocycles. The van der Waals surface area contributed by atoms with Crippen LogP contribution in [0.4, 0.5) is 0 Å². The van der Waals surface area contributed by atoms with Crippen molar-refractivity contribution in [2.45, 2.75) is 5.41 Å². The lowest BCUT2D eigenvalue weighted by molar-refractivity contribution is 0.795. The Morgan fingerprint density at radius 3 is 1.63 bits per heavy atom. The maximum Gasteiger partial charge on any atom is 0.0886 e. The zero-order valence-electron chi connectivity index (χ0n) is 22.3. The summed E-state index contributed by atoms with van der Waals surface area (Å²) in [6.07, 6.45) is 3.76. The van der Waals surface area contributed by atoms with E-state index >= 15 is 0 Å². The van der Waals surface area contributed by atoms with Crippen LogP contribution in [0, 0.1) is 0 Å². The Morgan fingerprint density at radius 2 is 1.00 bits per heavy atom. The molecule has 0 radical (unpaired) electrons. The fourth-order valence-corrected chi connectivity index (χ4v) is 7.25. The molecule has 0 bridgehead atoms. The van der Waals surface area contributed by atoms with Gasteiger partial charge in [0.25, 0.3) is 0 Å². The van der Waals surface area contributed by atoms with Gasteiger partial charge < -0.3 is 0 Å². The quantitative estimate of drug-likeness (QED) is 0.227. The van der Waals surface area contributed by atoms with Crippen LogP contribution in [0.3, 0.4) is 0 Å². The summed E-state index contributed by atoms with van der Waals surface area (Å²) in [5, 5.41) is 2.49. The number of aromatic nitrogens is 2. The van der Waals surface area contributed by atoms with Crippen molar-refractivity contribution in [2.75, 3.05) is 0 Å². The van der Waals surface area contributed by atoms with Gasteiger partial charge >= 0.3 is 0 Å². The van der Waals surface area contributed by atoms with Crippen molar-refractivity contribution in [1.82, 2.24) is 9.97 Å². The van der Waals surface area contributed by atoms with Gasteiger partial charge in [-0.3, -0.25) is 9.97 Å². The Morgan fingerprint density at radius 1 is 0.390 bits per heavy atom. The van der Waals surface area contributed by atoms with Gasteiger partial charge in [-0.05, 0) is 97.2 Å². The second-order valence-electron chi connectivity index (χ2n) is 11.0. The first-order valence-electron chi connectivity index (χ1n) is 14.1. The molecular formula is C39H24N2. The molecule has 190 valence electrons. The molecule has 2 heterocycles. The molecule has 0 saturated carbocycles. The van der Waals surface area contributed by atoms with E-state index in [0.717, 1.165) is 22.5 Å². The van der Waals surface area contributed by atoms with E-state index in [1.807, 2.05) is 24.4 Å². The summed E-state index contributed by atoms with van der Waals surface area (Å²) in [5.41, 5.74) is 14.5. The minimum absolute atomic E-state index is 0.324. The number of nitrogens with zero attached hydrogens (tertiary/aromatic N) is 2. The SMILES string of the molecule is c1ccc(-c2ccc(-c3ccc4cc5c(cc4c3)C3(c4ccccc4-c4ccccc43)c3ccccc3-5)cn2)nc1. The first-order chi connectivity index (χ1) is 20.3. The molecule has 0 unspecified atom stereocenters. The number of benzene rings is 5. The van der Waals surface area contributed by atoms with Gasteiger partial charge in [0.2, 0.25) is 0 Å². The van der Waals surface area contributed by atoms with Crippen LogP contribution in [0.5, 0.6) is 0 Å². The molecule has 2 heteroatoms. The van der Waals surface area contributed by atoms with Crippen molar-refractivity contribution < 1.29 is 0 Å². The average molecular weight is 521 g/mol. The van der Waals surface area contributed by atoms with Gasteiger partial charge in [0, 0.05) is 18.0 Å². The van der Waals surface area contributed by atoms with Gasteiger partial charge in [-0.15, -0.1) is 0 Å². The summed E-state index contributed by atoms with van der Waals surface area (Å²) in [5.74, 6) is 0. The molecule has 0 saturated heterocycles. The van der Waals surface area contributed by atoms with E-state index in [4.69, 9.17) is 4.98 Å². The summed E-state index contributed by atoms with van der Waals surface area (Å²) in [6.45, 7) is 0. The number of rotatable bonds is 2. The zero-order valence-corrected chi connectivity index (χ0v) is 22.3. The van der Waals surface area contributed by atoms with Crippen LogP contribution in [0.2, 0.25) is 0 Å². The highest BCUT2D eigenvalue weighted by Crippen LogP contribution is 2.63. The normalized spacial score (nSPS) is 13.6. The number of pyridine rings is 2. The predicted octanol–water partition coefficient (Wildman–Crippen LogP) is 9.31. The Hall–Kier alpha value is -5.34. The molecular weight excluding hydrogens is 496 g/mol. The highest BCUT2D eigenvalue weighted by atomic mass is 14.8. The van der Waals surface area contributed by atoms with Gasteiger partial charge in [-0.2, -0.15) is 0 Å². The van der Waals surface area contributed by atoms with E-state index in [9.17, 15) is 0 Å². The van der Waals surface area contributed by atoms with Crippen molar-refractivity contribution in [3.8, 4) is 44.8 Å². The molecule has 0 N–H and O–H groups in total. The molecule has 9 rings (SSSR count). The summed E-state index contributed by atoms with van der Waals surface area (Å²) < 4.78 is 0. The molecule has 0 aliphatic heterocycles. The van der Waals surface area contributed by atoms with Gasteiger partial charge in [0.05, 0.1) is 16.8 Å². The van der Waals surface area contributed by atoms with Crippen molar-refractivity contribution in [1.29, 1.82) is 0 Å². The Balaban J connectivity index is 1.26. The maximum atomic E-state index is 4.74. The van der Waals surface area contributed by atoms with Crippen LogP contribution in [0.25, 0.3) is 55.5 Å². The molecule has 41 heavy (non-hydrogen) atoms. The van der Waals surface area contributed by atoms with Gasteiger partial charge in [0.15, 0.2) is 0 Å². The molecule has 2 nitrogen and oxygen atoms in total. The smallest absolute Gasteiger partial charge is 0.0886 e. The minimum atomic E-state index is -0.324. The minimum Gasteiger partial charge on any atom is -0.255 e. The van der Waals surface area contributed by atoms with E-state index in [0.29, 0.717) is 0 Å². The van der Waals surface area contributed by atoms with Crippen molar-refractivity contribution in [2.24, 2.45) is 0 Å². The number of hydrogen-bond acceptors (Lipinski definition) is 2. The topological polar surface area (TPSA) is 25.8 Å². The van der Waals surface area contributed by atoms with Gasteiger partial charge in [0.1, 0.15) is 0 Å². The lowest BCUT2D eigenvalue weighted by Crippen LogP contribution is -2.25. The molecule has 0 atom stereocenters. The molecule has 7 aromatic rings. The fraction of sp³-hybridized carbons (Fsp3) is 0.0256. The standard InChI is InChI=1S/C39H24N2/c1-4-12-33-29(9-1)30-10-2-5-13-34(30)39(33)35-14-6-3-11-31(35)32-22-26-17-16-25(21-28(26)23-36(32)39)27-18-19-38(41-24-27)37-15-7-8-20-40-37/h1-24H. The Bertz CT molecular complexity index is 2100. The Labute approximate surface area is 238 Å². The van der Waals surface area contributed by atoms with Crippen LogP contribution in [-0.4, -0.2) is 9.97 Å². The summed E-state index contributed by atoms with van der Waals surface area (Å²) in [6, 6.07) is 48.6. The molecule has 2 aromatic heterocycles. The highest BCUT2D eigenvalue weighted by Gasteiger charge is 2.51. The van der Waals surface area contributed by atoms with Crippen LogP contribution in [0.1, 0.15) is 22.3 Å². The van der Waals surface area contributed by atoms with Gasteiger partial charge in [-0.1, -0.05) is 97.1 Å². The van der Waals surface area contributed by atoms with Crippen LogP contribution < -0.4 is 0 Å². The van der Waals surface area contributed by atoms with Gasteiger partial charge in [-0.25, -0.2) is 0 Å². The van der Waals surface area contributed by atoms with Crippen LogP contribution in [-0.2, 0) is 5.41 Å². The first kappa shape index (κ1) is 22.5. The third-order valence-corrected chi connectivity index (χ3v) is 8.98. The molecule has 2 aliphatic rings. The summed E-state index contributed by atoms with van der Waals surface area (Å²) in [4.78, 5) is 9.18. The average Bonchev–Trinajstić information content (AvgIpc) is 3.51. The number of hydrogen-bond donors (Lipinski definition) is 0. The largest absolute Gasteiger partial charge is 0.255 e. The summed E-state index contributed by atoms with van der Waals surface area (Å²) in [7, 11) is 0. The van der Waals surface area contributed by atoms with Crippen molar-refractivity contribution in [3.63, 3.8) is 0 Å². The molecule has 0 fully saturated rings.